The third-order valence-electron chi connectivity index (χ3n) is 5.17. The number of nitrogens with two attached hydrogens (primary N) is 1. The first-order valence-corrected chi connectivity index (χ1v) is 9.21. The van der Waals surface area contributed by atoms with E-state index in [-0.39, 0.29) is 52.4 Å². The molecule has 1 aliphatic heterocycles. The van der Waals surface area contributed by atoms with Crippen LogP contribution in [0.5, 0.6) is 5.88 Å². The lowest BCUT2D eigenvalue weighted by molar-refractivity contribution is 0.0987. The second kappa shape index (κ2) is 7.22. The highest BCUT2D eigenvalue weighted by atomic mass is 35.5. The predicted molar refractivity (Wildman–Crippen MR) is 100 cm³/mol. The molecule has 4 rings (SSSR count). The summed E-state index contributed by atoms with van der Waals surface area (Å²) in [5.74, 6) is -1.22. The topological polar surface area (TPSA) is 99.7 Å². The van der Waals surface area contributed by atoms with Crippen LogP contribution in [0.1, 0.15) is 28.0 Å². The molecule has 2 heterocycles. The molecule has 0 amide bonds. The summed E-state index contributed by atoms with van der Waals surface area (Å²) >= 11 is 6.06. The number of alkyl halides is 1. The molecule has 0 unspecified atom stereocenters. The maximum absolute atomic E-state index is 14.9. The zero-order valence-corrected chi connectivity index (χ0v) is 16.1. The number of fused-ring (bicyclic) bond motifs is 1. The van der Waals surface area contributed by atoms with Crippen LogP contribution in [-0.4, -0.2) is 41.7 Å². The van der Waals surface area contributed by atoms with Crippen molar-refractivity contribution in [2.45, 2.75) is 24.5 Å². The Balaban J connectivity index is 1.69. The Morgan fingerprint density at radius 1 is 1.41 bits per heavy atom. The third-order valence-corrected chi connectivity index (χ3v) is 5.45. The Bertz CT molecular complexity index is 1000. The van der Waals surface area contributed by atoms with Crippen LogP contribution >= 0.6 is 11.6 Å². The average Bonchev–Trinajstić information content (AvgIpc) is 3.49. The quantitative estimate of drug-likeness (QED) is 0.718. The van der Waals surface area contributed by atoms with Crippen molar-refractivity contribution >= 4 is 23.4 Å². The number of methoxy groups -OCH3 is 1. The highest BCUT2D eigenvalue weighted by molar-refractivity contribution is 6.31. The lowest BCUT2D eigenvalue weighted by Gasteiger charge is -2.31. The molecule has 0 spiro atoms. The number of ether oxygens (including phenoxy) is 2. The lowest BCUT2D eigenvalue weighted by atomic mass is 9.84. The summed E-state index contributed by atoms with van der Waals surface area (Å²) in [6, 6.07) is 2.55. The first-order valence-electron chi connectivity index (χ1n) is 8.83. The van der Waals surface area contributed by atoms with E-state index >= 15 is 0 Å². The molecule has 0 radical (unpaired) electrons. The van der Waals surface area contributed by atoms with Crippen LogP contribution in [0.4, 0.5) is 8.78 Å². The van der Waals surface area contributed by atoms with Crippen LogP contribution in [0, 0.1) is 11.7 Å². The number of halogens is 3. The number of hydrogen-bond acceptors (Lipinski definition) is 7. The van der Waals surface area contributed by atoms with Crippen molar-refractivity contribution in [1.29, 1.82) is 0 Å². The standard InChI is InChI=1S/C19H17ClF2N4O3/c1-28-16-7-24-13(6-25-16)14(27)4-9-2-11(17(22)12(20)3-9)19(8-21)10-5-15(10)29-18(23)26-19/h2-3,6-7,10,15H,4-5,8H2,1H3,(H2,23,26)/t10-,15+,19-/m0/s1. The fourth-order valence-electron chi connectivity index (χ4n) is 3.63. The molecular weight excluding hydrogens is 406 g/mol. The Labute approximate surface area is 169 Å². The zero-order chi connectivity index (χ0) is 20.8. The zero-order valence-electron chi connectivity index (χ0n) is 15.4. The van der Waals surface area contributed by atoms with E-state index in [1.54, 1.807) is 0 Å². The van der Waals surface area contributed by atoms with E-state index in [9.17, 15) is 13.6 Å². The molecule has 1 saturated carbocycles. The van der Waals surface area contributed by atoms with Gasteiger partial charge in [0.2, 0.25) is 5.88 Å². The number of Topliss-reactive ketones (excluding diaryl/α,β-unsaturated/α-hetero) is 1. The number of rotatable bonds is 6. The molecule has 152 valence electrons. The Kier molecular flexibility index (Phi) is 4.85. The fourth-order valence-corrected chi connectivity index (χ4v) is 3.87. The molecule has 7 nitrogen and oxygen atoms in total. The minimum Gasteiger partial charge on any atom is -0.480 e. The summed E-state index contributed by atoms with van der Waals surface area (Å²) in [5.41, 5.74) is 4.64. The maximum atomic E-state index is 14.9. The van der Waals surface area contributed by atoms with Gasteiger partial charge in [-0.3, -0.25) is 4.79 Å². The van der Waals surface area contributed by atoms with Crippen molar-refractivity contribution in [2.75, 3.05) is 13.8 Å². The van der Waals surface area contributed by atoms with Gasteiger partial charge in [0.1, 0.15) is 29.8 Å². The van der Waals surface area contributed by atoms with Gasteiger partial charge in [-0.25, -0.2) is 23.7 Å². The summed E-state index contributed by atoms with van der Waals surface area (Å²) in [4.78, 5) is 24.6. The van der Waals surface area contributed by atoms with E-state index in [1.807, 2.05) is 0 Å². The molecule has 1 aliphatic carbocycles. The molecule has 2 aromatic rings. The van der Waals surface area contributed by atoms with Crippen LogP contribution in [0.15, 0.2) is 29.5 Å². The smallest absolute Gasteiger partial charge is 0.283 e. The third kappa shape index (κ3) is 3.39. The first kappa shape index (κ1) is 19.5. The SMILES string of the molecule is COc1cnc(C(=O)Cc2cc(Cl)c(F)c([C@@]3(CF)N=C(N)O[C@@H]4C[C@@H]43)c2)cn1. The van der Waals surface area contributed by atoms with Crippen molar-refractivity contribution < 1.29 is 23.0 Å². The van der Waals surface area contributed by atoms with Gasteiger partial charge in [-0.1, -0.05) is 11.6 Å². The van der Waals surface area contributed by atoms with E-state index in [0.717, 1.165) is 0 Å². The van der Waals surface area contributed by atoms with Gasteiger partial charge >= 0.3 is 0 Å². The van der Waals surface area contributed by atoms with Crippen LogP contribution in [0.2, 0.25) is 5.02 Å². The second-order valence-electron chi connectivity index (χ2n) is 6.99. The maximum Gasteiger partial charge on any atom is 0.283 e. The molecule has 2 N–H and O–H groups in total. The number of amidine groups is 1. The fraction of sp³-hybridized carbons (Fsp3) is 0.368. The van der Waals surface area contributed by atoms with Gasteiger partial charge in [-0.2, -0.15) is 0 Å². The lowest BCUT2D eigenvalue weighted by Crippen LogP contribution is -2.40. The molecule has 3 atom stereocenters. The number of benzene rings is 1. The van der Waals surface area contributed by atoms with Crippen LogP contribution in [-0.2, 0) is 16.7 Å². The molecule has 29 heavy (non-hydrogen) atoms. The minimum atomic E-state index is -1.51. The van der Waals surface area contributed by atoms with Crippen molar-refractivity contribution in [1.82, 2.24) is 9.97 Å². The van der Waals surface area contributed by atoms with Crippen LogP contribution in [0.3, 0.4) is 0 Å². The number of carbonyl (C=O) groups is 1. The Morgan fingerprint density at radius 2 is 2.21 bits per heavy atom. The summed E-state index contributed by atoms with van der Waals surface area (Å²) in [5, 5.41) is -0.226. The molecule has 1 fully saturated rings. The summed E-state index contributed by atoms with van der Waals surface area (Å²) in [6.07, 6.45) is 2.69. The summed E-state index contributed by atoms with van der Waals surface area (Å²) < 4.78 is 39.3. The van der Waals surface area contributed by atoms with Crippen molar-refractivity contribution in [2.24, 2.45) is 16.6 Å². The monoisotopic (exact) mass is 422 g/mol. The van der Waals surface area contributed by atoms with Crippen molar-refractivity contribution in [3.8, 4) is 5.88 Å². The second-order valence-corrected chi connectivity index (χ2v) is 7.40. The van der Waals surface area contributed by atoms with Gasteiger partial charge < -0.3 is 15.2 Å². The summed E-state index contributed by atoms with van der Waals surface area (Å²) in [7, 11) is 1.43. The minimum absolute atomic E-state index is 0.0325. The summed E-state index contributed by atoms with van der Waals surface area (Å²) in [6.45, 7) is -0.965. The number of aliphatic imine (C=N–C) groups is 1. The first-order chi connectivity index (χ1) is 13.9. The van der Waals surface area contributed by atoms with Crippen molar-refractivity contribution in [3.05, 3.63) is 52.2 Å². The normalized spacial score (nSPS) is 24.9. The Morgan fingerprint density at radius 3 is 2.86 bits per heavy atom. The van der Waals surface area contributed by atoms with Crippen molar-refractivity contribution in [3.63, 3.8) is 0 Å². The van der Waals surface area contributed by atoms with Crippen LogP contribution in [0.25, 0.3) is 0 Å². The van der Waals surface area contributed by atoms with Gasteiger partial charge in [0, 0.05) is 17.9 Å². The molecule has 1 aromatic heterocycles. The number of hydrogen-bond donors (Lipinski definition) is 1. The molecule has 2 aliphatic rings. The van der Waals surface area contributed by atoms with Crippen LogP contribution < -0.4 is 10.5 Å². The van der Waals surface area contributed by atoms with E-state index in [4.69, 9.17) is 26.8 Å². The Hall–Kier alpha value is -2.81. The largest absolute Gasteiger partial charge is 0.480 e. The van der Waals surface area contributed by atoms with E-state index in [2.05, 4.69) is 15.0 Å². The highest BCUT2D eigenvalue weighted by Gasteiger charge is 2.60. The predicted octanol–water partition coefficient (Wildman–Crippen LogP) is 2.60. The molecule has 1 aromatic carbocycles. The average molecular weight is 423 g/mol. The number of carbonyl (C=O) groups excluding carboxylic acids is 1. The molecule has 0 bridgehead atoms. The molecule has 0 saturated heterocycles. The number of nitrogens with zero attached hydrogens (tertiary/aromatic N) is 3. The number of aromatic nitrogens is 2. The van der Waals surface area contributed by atoms with E-state index in [1.165, 1.54) is 31.6 Å². The highest BCUT2D eigenvalue weighted by Crippen LogP contribution is 2.54. The van der Waals surface area contributed by atoms with Gasteiger partial charge in [0.25, 0.3) is 6.02 Å². The molecular formula is C19H17ClF2N4O3. The van der Waals surface area contributed by atoms with Gasteiger partial charge in [-0.15, -0.1) is 0 Å². The van der Waals surface area contributed by atoms with Gasteiger partial charge in [0.05, 0.1) is 24.5 Å². The molecule has 10 heteroatoms. The van der Waals surface area contributed by atoms with E-state index in [0.29, 0.717) is 12.0 Å². The number of ketones is 1. The van der Waals surface area contributed by atoms with Gasteiger partial charge in [-0.05, 0) is 24.1 Å². The van der Waals surface area contributed by atoms with E-state index < -0.39 is 18.0 Å². The van der Waals surface area contributed by atoms with Gasteiger partial charge in [0.15, 0.2) is 5.78 Å².